The average molecular weight is 499 g/mol. The Bertz CT molecular complexity index is 1550. The maximum atomic E-state index is 13.4. The van der Waals surface area contributed by atoms with Gasteiger partial charge in [0.2, 0.25) is 0 Å². The van der Waals surface area contributed by atoms with Gasteiger partial charge in [0.05, 0.1) is 34.5 Å². The number of fused-ring (bicyclic) bond motifs is 1. The number of aryl methyl sites for hydroxylation is 2. The van der Waals surface area contributed by atoms with Crippen molar-refractivity contribution in [3.05, 3.63) is 100 Å². The van der Waals surface area contributed by atoms with E-state index >= 15 is 0 Å². The van der Waals surface area contributed by atoms with Gasteiger partial charge in [-0.2, -0.15) is 0 Å². The van der Waals surface area contributed by atoms with E-state index in [0.717, 1.165) is 15.8 Å². The van der Waals surface area contributed by atoms with Crippen LogP contribution in [0.1, 0.15) is 38.7 Å². The van der Waals surface area contributed by atoms with Crippen LogP contribution in [-0.4, -0.2) is 34.9 Å². The number of rotatable bonds is 4. The predicted molar refractivity (Wildman–Crippen MR) is 138 cm³/mol. The van der Waals surface area contributed by atoms with E-state index < -0.39 is 23.7 Å². The normalized spacial score (nSPS) is 17.1. The van der Waals surface area contributed by atoms with Gasteiger partial charge in [0.25, 0.3) is 5.78 Å². The summed E-state index contributed by atoms with van der Waals surface area (Å²) in [5.41, 5.74) is 4.01. The lowest BCUT2D eigenvalue weighted by Gasteiger charge is -2.23. The zero-order valence-electron chi connectivity index (χ0n) is 19.8. The summed E-state index contributed by atoms with van der Waals surface area (Å²) in [6.07, 6.45) is 0. The van der Waals surface area contributed by atoms with Gasteiger partial charge in [0.1, 0.15) is 5.76 Å². The van der Waals surface area contributed by atoms with E-state index in [4.69, 9.17) is 4.74 Å². The molecule has 1 aliphatic heterocycles. The molecule has 0 saturated carbocycles. The van der Waals surface area contributed by atoms with Gasteiger partial charge in [0.15, 0.2) is 5.13 Å². The number of nitrogens with zero attached hydrogens (tertiary/aromatic N) is 2. The summed E-state index contributed by atoms with van der Waals surface area (Å²) in [5.74, 6) is -2.35. The van der Waals surface area contributed by atoms with Gasteiger partial charge in [-0.15, -0.1) is 0 Å². The molecule has 1 aliphatic rings. The minimum Gasteiger partial charge on any atom is -0.507 e. The van der Waals surface area contributed by atoms with Crippen molar-refractivity contribution >= 4 is 50.1 Å². The van der Waals surface area contributed by atoms with Crippen LogP contribution < -0.4 is 4.90 Å². The third kappa shape index (κ3) is 3.95. The molecule has 1 N–H and O–H groups in total. The summed E-state index contributed by atoms with van der Waals surface area (Å²) in [7, 11) is 1.29. The highest BCUT2D eigenvalue weighted by Crippen LogP contribution is 2.44. The van der Waals surface area contributed by atoms with Gasteiger partial charge in [-0.1, -0.05) is 59.4 Å². The second-order valence-corrected chi connectivity index (χ2v) is 9.63. The topological polar surface area (TPSA) is 96.8 Å². The Balaban J connectivity index is 1.70. The summed E-state index contributed by atoms with van der Waals surface area (Å²) in [6, 6.07) is 18.3. The predicted octanol–water partition coefficient (Wildman–Crippen LogP) is 5.33. The highest BCUT2D eigenvalue weighted by Gasteiger charge is 2.48. The maximum absolute atomic E-state index is 13.4. The van der Waals surface area contributed by atoms with Crippen LogP contribution in [0, 0.1) is 13.8 Å². The van der Waals surface area contributed by atoms with Gasteiger partial charge >= 0.3 is 11.9 Å². The third-order valence-electron chi connectivity index (χ3n) is 6.16. The largest absolute Gasteiger partial charge is 0.507 e. The Hall–Kier alpha value is -4.30. The molecule has 3 aromatic carbocycles. The minimum absolute atomic E-state index is 0.0369. The van der Waals surface area contributed by atoms with Crippen molar-refractivity contribution in [1.82, 2.24) is 4.98 Å². The summed E-state index contributed by atoms with van der Waals surface area (Å²) in [6.45, 7) is 3.88. The van der Waals surface area contributed by atoms with Gasteiger partial charge in [-0.05, 0) is 49.2 Å². The molecule has 1 fully saturated rings. The lowest BCUT2D eigenvalue weighted by Crippen LogP contribution is -2.29. The molecule has 5 rings (SSSR count). The molecule has 0 aliphatic carbocycles. The first-order chi connectivity index (χ1) is 17.3. The Morgan fingerprint density at radius 3 is 2.25 bits per heavy atom. The fourth-order valence-corrected chi connectivity index (χ4v) is 5.34. The first-order valence-corrected chi connectivity index (χ1v) is 12.0. The number of esters is 1. The first kappa shape index (κ1) is 23.4. The molecule has 0 radical (unpaired) electrons. The van der Waals surface area contributed by atoms with Crippen molar-refractivity contribution in [2.24, 2.45) is 0 Å². The highest BCUT2D eigenvalue weighted by atomic mass is 32.1. The third-order valence-corrected chi connectivity index (χ3v) is 7.17. The van der Waals surface area contributed by atoms with E-state index in [1.165, 1.54) is 23.3 Å². The van der Waals surface area contributed by atoms with Crippen LogP contribution >= 0.6 is 11.3 Å². The van der Waals surface area contributed by atoms with Gasteiger partial charge < -0.3 is 9.84 Å². The molecule has 8 heteroatoms. The lowest BCUT2D eigenvalue weighted by atomic mass is 9.94. The standard InChI is InChI=1S/C28H22N2O5S/c1-15-4-7-18(8-5-15)24(31)22-23(17-9-11-19(12-10-17)27(34)35-3)30(26(33)25(22)32)28-29-20-13-6-16(2)14-21(20)36-28/h4-14,23,31H,1-3H3/t23-/m1/s1. The zero-order chi connectivity index (χ0) is 25.6. The number of ketones is 1. The SMILES string of the molecule is COC(=O)c1ccc([C@@H]2C(=C(O)c3ccc(C)cc3)C(=O)C(=O)N2c2nc3ccc(C)cc3s2)cc1. The van der Waals surface area contributed by atoms with E-state index in [1.54, 1.807) is 36.4 Å². The molecule has 2 heterocycles. The molecule has 180 valence electrons. The molecule has 0 bridgehead atoms. The van der Waals surface area contributed by atoms with Gasteiger partial charge in [0, 0.05) is 5.56 Å². The smallest absolute Gasteiger partial charge is 0.337 e. The van der Waals surface area contributed by atoms with Crippen molar-refractivity contribution in [2.45, 2.75) is 19.9 Å². The van der Waals surface area contributed by atoms with Crippen LogP contribution in [0.4, 0.5) is 5.13 Å². The van der Waals surface area contributed by atoms with Crippen molar-refractivity contribution in [1.29, 1.82) is 0 Å². The van der Waals surface area contributed by atoms with E-state index in [1.807, 2.05) is 44.2 Å². The monoisotopic (exact) mass is 498 g/mol. The van der Waals surface area contributed by atoms with Crippen molar-refractivity contribution in [3.63, 3.8) is 0 Å². The number of aliphatic hydroxyl groups is 1. The van der Waals surface area contributed by atoms with Crippen LogP contribution in [0.15, 0.2) is 72.3 Å². The second-order valence-electron chi connectivity index (χ2n) is 8.62. The van der Waals surface area contributed by atoms with E-state index in [0.29, 0.717) is 27.3 Å². The van der Waals surface area contributed by atoms with Crippen molar-refractivity contribution in [3.8, 4) is 0 Å². The fourth-order valence-electron chi connectivity index (χ4n) is 4.25. The van der Waals surface area contributed by atoms with E-state index in [2.05, 4.69) is 4.98 Å². The lowest BCUT2D eigenvalue weighted by molar-refractivity contribution is -0.132. The summed E-state index contributed by atoms with van der Waals surface area (Å²) >= 11 is 1.30. The number of amides is 1. The molecule has 1 saturated heterocycles. The molecule has 1 atom stereocenters. The molecule has 4 aromatic rings. The number of carbonyl (C=O) groups excluding carboxylic acids is 3. The quantitative estimate of drug-likeness (QED) is 0.177. The molecular formula is C28H22N2O5S. The number of hydrogen-bond acceptors (Lipinski definition) is 7. The molecule has 0 unspecified atom stereocenters. The summed E-state index contributed by atoms with van der Waals surface area (Å²) in [5, 5.41) is 11.6. The number of carbonyl (C=O) groups is 3. The number of Topliss-reactive ketones (excluding diaryl/α,β-unsaturated/α-hetero) is 1. The first-order valence-electron chi connectivity index (χ1n) is 11.2. The Morgan fingerprint density at radius 2 is 1.58 bits per heavy atom. The fraction of sp³-hybridized carbons (Fsp3) is 0.143. The summed E-state index contributed by atoms with van der Waals surface area (Å²) < 4.78 is 5.66. The molecule has 7 nitrogen and oxygen atoms in total. The van der Waals surface area contributed by atoms with Crippen LogP contribution in [0.25, 0.3) is 16.0 Å². The van der Waals surface area contributed by atoms with Crippen LogP contribution in [-0.2, 0) is 14.3 Å². The Kier molecular flexibility index (Phi) is 5.89. The minimum atomic E-state index is -0.931. The molecule has 0 spiro atoms. The number of hydrogen-bond donors (Lipinski definition) is 1. The average Bonchev–Trinajstić information content (AvgIpc) is 3.41. The molecular weight excluding hydrogens is 476 g/mol. The molecule has 36 heavy (non-hydrogen) atoms. The number of methoxy groups -OCH3 is 1. The van der Waals surface area contributed by atoms with Crippen LogP contribution in [0.5, 0.6) is 0 Å². The Labute approximate surface area is 211 Å². The second kappa shape index (κ2) is 9.05. The highest BCUT2D eigenvalue weighted by molar-refractivity contribution is 7.22. The number of ether oxygens (including phenoxy) is 1. The molecule has 1 aromatic heterocycles. The van der Waals surface area contributed by atoms with Crippen molar-refractivity contribution in [2.75, 3.05) is 12.0 Å². The van der Waals surface area contributed by atoms with Gasteiger partial charge in [-0.3, -0.25) is 14.5 Å². The molecule has 1 amide bonds. The van der Waals surface area contributed by atoms with Crippen LogP contribution in [0.2, 0.25) is 0 Å². The zero-order valence-corrected chi connectivity index (χ0v) is 20.6. The van der Waals surface area contributed by atoms with E-state index in [9.17, 15) is 19.5 Å². The number of aliphatic hydroxyl groups excluding tert-OH is 1. The summed E-state index contributed by atoms with van der Waals surface area (Å²) in [4.78, 5) is 44.6. The van der Waals surface area contributed by atoms with E-state index in [-0.39, 0.29) is 11.3 Å². The number of anilines is 1. The number of benzene rings is 3. The van der Waals surface area contributed by atoms with Crippen LogP contribution in [0.3, 0.4) is 0 Å². The number of thiazole rings is 1. The van der Waals surface area contributed by atoms with Crippen molar-refractivity contribution < 1.29 is 24.2 Å². The Morgan fingerprint density at radius 1 is 0.944 bits per heavy atom. The maximum Gasteiger partial charge on any atom is 0.337 e. The van der Waals surface area contributed by atoms with Gasteiger partial charge in [-0.25, -0.2) is 9.78 Å². The number of aromatic nitrogens is 1.